The molecule has 1 atom stereocenters. The molecule has 25 heavy (non-hydrogen) atoms. The quantitative estimate of drug-likeness (QED) is 0.743. The predicted octanol–water partition coefficient (Wildman–Crippen LogP) is 2.50. The summed E-state index contributed by atoms with van der Waals surface area (Å²) in [5.41, 5.74) is 0.801. The molecule has 1 unspecified atom stereocenters. The van der Waals surface area contributed by atoms with Crippen molar-refractivity contribution < 1.29 is 22.7 Å². The summed E-state index contributed by atoms with van der Waals surface area (Å²) >= 11 is 3.31. The molecule has 0 saturated heterocycles. The van der Waals surface area contributed by atoms with Crippen molar-refractivity contribution in [2.24, 2.45) is 0 Å². The van der Waals surface area contributed by atoms with Crippen molar-refractivity contribution in [2.75, 3.05) is 13.4 Å². The highest BCUT2D eigenvalue weighted by Gasteiger charge is 2.24. The number of sulfone groups is 1. The van der Waals surface area contributed by atoms with E-state index in [-0.39, 0.29) is 10.5 Å². The third kappa shape index (κ3) is 4.90. The molecule has 0 radical (unpaired) electrons. The van der Waals surface area contributed by atoms with E-state index >= 15 is 0 Å². The molecule has 0 spiro atoms. The number of rotatable bonds is 5. The second-order valence-electron chi connectivity index (χ2n) is 5.28. The Morgan fingerprint density at radius 1 is 1.04 bits per heavy atom. The summed E-state index contributed by atoms with van der Waals surface area (Å²) in [7, 11) is -2.11. The molecule has 0 aromatic heterocycles. The third-order valence-corrected chi connectivity index (χ3v) is 5.12. The second-order valence-corrected chi connectivity index (χ2v) is 8.21. The number of esters is 1. The van der Waals surface area contributed by atoms with Crippen LogP contribution in [0.5, 0.6) is 0 Å². The SMILES string of the molecule is COC(=O)C(NC(=O)c1ccc(S(C)(=O)=O)cc1)c1ccc(Br)cc1. The molecular formula is C17H16BrNO5S. The Balaban J connectivity index is 2.25. The Morgan fingerprint density at radius 3 is 2.08 bits per heavy atom. The summed E-state index contributed by atoms with van der Waals surface area (Å²) < 4.78 is 28.5. The van der Waals surface area contributed by atoms with Gasteiger partial charge in [0.25, 0.3) is 5.91 Å². The Hall–Kier alpha value is -2.19. The van der Waals surface area contributed by atoms with Gasteiger partial charge in [0.2, 0.25) is 0 Å². The number of nitrogens with one attached hydrogen (secondary N) is 1. The molecule has 0 bridgehead atoms. The fraction of sp³-hybridized carbons (Fsp3) is 0.176. The fourth-order valence-corrected chi connectivity index (χ4v) is 3.01. The summed E-state index contributed by atoms with van der Waals surface area (Å²) in [5.74, 6) is -1.12. The number of carbonyl (C=O) groups excluding carboxylic acids is 2. The lowest BCUT2D eigenvalue weighted by atomic mass is 10.1. The van der Waals surface area contributed by atoms with Gasteiger partial charge in [0.05, 0.1) is 12.0 Å². The summed E-state index contributed by atoms with van der Waals surface area (Å²) in [6, 6.07) is 11.4. The maximum Gasteiger partial charge on any atom is 0.333 e. The number of hydrogen-bond donors (Lipinski definition) is 1. The molecule has 2 aromatic rings. The number of hydrogen-bond acceptors (Lipinski definition) is 5. The number of ether oxygens (including phenoxy) is 1. The van der Waals surface area contributed by atoms with Gasteiger partial charge in [-0.15, -0.1) is 0 Å². The van der Waals surface area contributed by atoms with Crippen LogP contribution in [0.15, 0.2) is 57.9 Å². The Bertz CT molecular complexity index is 876. The van der Waals surface area contributed by atoms with Crippen LogP contribution < -0.4 is 5.32 Å². The highest BCUT2D eigenvalue weighted by molar-refractivity contribution is 9.10. The number of halogens is 1. The molecule has 1 amide bonds. The maximum absolute atomic E-state index is 12.4. The standard InChI is InChI=1S/C17H16BrNO5S/c1-24-17(21)15(11-3-7-13(18)8-4-11)19-16(20)12-5-9-14(10-6-12)25(2,22)23/h3-10,15H,1-2H3,(H,19,20). The minimum Gasteiger partial charge on any atom is -0.467 e. The van der Waals surface area contributed by atoms with Crippen molar-refractivity contribution in [1.29, 1.82) is 0 Å². The molecule has 0 aliphatic carbocycles. The van der Waals surface area contributed by atoms with E-state index in [0.717, 1.165) is 10.7 Å². The van der Waals surface area contributed by atoms with Crippen molar-refractivity contribution in [3.05, 3.63) is 64.1 Å². The minimum absolute atomic E-state index is 0.112. The maximum atomic E-state index is 12.4. The Labute approximate surface area is 154 Å². The van der Waals surface area contributed by atoms with E-state index in [1.807, 2.05) is 0 Å². The average molecular weight is 426 g/mol. The zero-order valence-electron chi connectivity index (χ0n) is 13.5. The van der Waals surface area contributed by atoms with Crippen LogP contribution >= 0.6 is 15.9 Å². The van der Waals surface area contributed by atoms with Crippen molar-refractivity contribution >= 4 is 37.6 Å². The molecule has 0 aliphatic heterocycles. The first-order valence-electron chi connectivity index (χ1n) is 7.16. The largest absolute Gasteiger partial charge is 0.467 e. The second kappa shape index (κ2) is 7.79. The van der Waals surface area contributed by atoms with Crippen LogP contribution in [0.25, 0.3) is 0 Å². The van der Waals surface area contributed by atoms with Crippen LogP contribution in [-0.2, 0) is 19.4 Å². The predicted molar refractivity (Wildman–Crippen MR) is 95.9 cm³/mol. The number of carbonyl (C=O) groups is 2. The third-order valence-electron chi connectivity index (χ3n) is 3.46. The molecule has 0 saturated carbocycles. The van der Waals surface area contributed by atoms with Gasteiger partial charge in [-0.1, -0.05) is 28.1 Å². The monoisotopic (exact) mass is 425 g/mol. The molecule has 8 heteroatoms. The minimum atomic E-state index is -3.34. The fourth-order valence-electron chi connectivity index (χ4n) is 2.12. The lowest BCUT2D eigenvalue weighted by Crippen LogP contribution is -2.34. The van der Waals surface area contributed by atoms with Crippen LogP contribution in [-0.4, -0.2) is 33.7 Å². The first-order chi connectivity index (χ1) is 11.7. The first-order valence-corrected chi connectivity index (χ1v) is 9.85. The van der Waals surface area contributed by atoms with Crippen LogP contribution in [0.1, 0.15) is 22.0 Å². The van der Waals surface area contributed by atoms with Gasteiger partial charge in [0, 0.05) is 16.3 Å². The van der Waals surface area contributed by atoms with E-state index in [2.05, 4.69) is 21.2 Å². The molecule has 0 fully saturated rings. The van der Waals surface area contributed by atoms with Gasteiger partial charge in [-0.05, 0) is 42.0 Å². The van der Waals surface area contributed by atoms with Gasteiger partial charge in [-0.2, -0.15) is 0 Å². The molecule has 1 N–H and O–H groups in total. The highest BCUT2D eigenvalue weighted by atomic mass is 79.9. The molecule has 6 nitrogen and oxygen atoms in total. The van der Waals surface area contributed by atoms with Crippen molar-refractivity contribution in [1.82, 2.24) is 5.32 Å². The average Bonchev–Trinajstić information content (AvgIpc) is 2.59. The van der Waals surface area contributed by atoms with E-state index in [1.165, 1.54) is 31.4 Å². The normalized spacial score (nSPS) is 12.3. The Morgan fingerprint density at radius 2 is 1.60 bits per heavy atom. The van der Waals surface area contributed by atoms with Crippen molar-refractivity contribution in [3.63, 3.8) is 0 Å². The van der Waals surface area contributed by atoms with Gasteiger partial charge < -0.3 is 10.1 Å². The van der Waals surface area contributed by atoms with E-state index in [1.54, 1.807) is 24.3 Å². The van der Waals surface area contributed by atoms with Gasteiger partial charge >= 0.3 is 5.97 Å². The number of methoxy groups -OCH3 is 1. The number of benzene rings is 2. The zero-order valence-corrected chi connectivity index (χ0v) is 15.9. The van der Waals surface area contributed by atoms with Crippen molar-refractivity contribution in [2.45, 2.75) is 10.9 Å². The molecule has 0 aliphatic rings. The van der Waals surface area contributed by atoms with E-state index in [0.29, 0.717) is 5.56 Å². The molecule has 2 rings (SSSR count). The van der Waals surface area contributed by atoms with Crippen LogP contribution in [0.4, 0.5) is 0 Å². The summed E-state index contributed by atoms with van der Waals surface area (Å²) in [6.07, 6.45) is 1.09. The lowest BCUT2D eigenvalue weighted by molar-refractivity contribution is -0.143. The van der Waals surface area contributed by atoms with Crippen LogP contribution in [0.2, 0.25) is 0 Å². The van der Waals surface area contributed by atoms with Gasteiger partial charge in [0.15, 0.2) is 15.9 Å². The Kier molecular flexibility index (Phi) is 5.97. The van der Waals surface area contributed by atoms with Crippen molar-refractivity contribution in [3.8, 4) is 0 Å². The lowest BCUT2D eigenvalue weighted by Gasteiger charge is -2.17. The molecule has 2 aromatic carbocycles. The van der Waals surface area contributed by atoms with E-state index in [4.69, 9.17) is 4.74 Å². The van der Waals surface area contributed by atoms with Gasteiger partial charge in [-0.25, -0.2) is 13.2 Å². The van der Waals surface area contributed by atoms with Crippen LogP contribution in [0.3, 0.4) is 0 Å². The molecule has 132 valence electrons. The first kappa shape index (κ1) is 19.1. The summed E-state index contributed by atoms with van der Waals surface area (Å²) in [6.45, 7) is 0. The summed E-state index contributed by atoms with van der Waals surface area (Å²) in [5, 5.41) is 2.60. The highest BCUT2D eigenvalue weighted by Crippen LogP contribution is 2.19. The molecule has 0 heterocycles. The molecular weight excluding hydrogens is 410 g/mol. The number of amides is 1. The van der Waals surface area contributed by atoms with Crippen LogP contribution in [0, 0.1) is 0 Å². The zero-order chi connectivity index (χ0) is 18.6. The smallest absolute Gasteiger partial charge is 0.333 e. The van der Waals surface area contributed by atoms with E-state index in [9.17, 15) is 18.0 Å². The topological polar surface area (TPSA) is 89.5 Å². The van der Waals surface area contributed by atoms with Gasteiger partial charge in [0.1, 0.15) is 0 Å². The summed E-state index contributed by atoms with van der Waals surface area (Å²) in [4.78, 5) is 24.5. The van der Waals surface area contributed by atoms with E-state index < -0.39 is 27.8 Å². The van der Waals surface area contributed by atoms with Gasteiger partial charge in [-0.3, -0.25) is 4.79 Å².